The molecule has 0 saturated carbocycles. The highest BCUT2D eigenvalue weighted by Crippen LogP contribution is 2.44. The van der Waals surface area contributed by atoms with Gasteiger partial charge in [-0.05, 0) is 32.8 Å². The van der Waals surface area contributed by atoms with Crippen LogP contribution in [0.5, 0.6) is 0 Å². The fourth-order valence-corrected chi connectivity index (χ4v) is 5.52. The Morgan fingerprint density at radius 1 is 1.23 bits per heavy atom. The molecule has 2 saturated heterocycles. The van der Waals surface area contributed by atoms with E-state index >= 15 is 0 Å². The molecule has 2 aromatic heterocycles. The first-order chi connectivity index (χ1) is 14.8. The molecule has 2 aliphatic heterocycles. The third-order valence-corrected chi connectivity index (χ3v) is 7.84. The fraction of sp³-hybridized carbons (Fsp3) is 0.435. The maximum absolute atomic E-state index is 6.59. The molecule has 1 unspecified atom stereocenters. The molecule has 3 aromatic rings. The molecule has 5 rings (SSSR count). The van der Waals surface area contributed by atoms with Gasteiger partial charge in [-0.2, -0.15) is 0 Å². The summed E-state index contributed by atoms with van der Waals surface area (Å²) in [6, 6.07) is 7.68. The van der Waals surface area contributed by atoms with Gasteiger partial charge in [0.15, 0.2) is 0 Å². The first kappa shape index (κ1) is 20.9. The van der Waals surface area contributed by atoms with Crippen LogP contribution < -0.4 is 16.4 Å². The molecular formula is C23H27Cl2N5O. The van der Waals surface area contributed by atoms with E-state index in [0.717, 1.165) is 60.8 Å². The van der Waals surface area contributed by atoms with E-state index in [1.807, 2.05) is 31.3 Å². The van der Waals surface area contributed by atoms with Gasteiger partial charge in [-0.25, -0.2) is 4.98 Å². The fourth-order valence-electron chi connectivity index (χ4n) is 5.13. The minimum absolute atomic E-state index is 0.0691. The molecule has 2 atom stereocenters. The SMILES string of the molecule is Cc1cn2c(N3CCC4(CC3)COC(C)[C@H]4N)cc(N)c(-c3cccc(Cl)c3Cl)c2n1. The summed E-state index contributed by atoms with van der Waals surface area (Å²) >= 11 is 12.8. The van der Waals surface area contributed by atoms with Crippen molar-refractivity contribution in [2.45, 2.75) is 38.8 Å². The molecule has 0 aliphatic carbocycles. The molecule has 1 aromatic carbocycles. The number of aryl methyl sites for hydroxylation is 1. The van der Waals surface area contributed by atoms with Gasteiger partial charge >= 0.3 is 0 Å². The van der Waals surface area contributed by atoms with Crippen LogP contribution in [0.25, 0.3) is 16.8 Å². The number of nitrogen functional groups attached to an aromatic ring is 1. The molecule has 4 N–H and O–H groups in total. The first-order valence-electron chi connectivity index (χ1n) is 10.7. The van der Waals surface area contributed by atoms with E-state index in [4.69, 9.17) is 44.4 Å². The second kappa shape index (κ2) is 7.55. The number of fused-ring (bicyclic) bond motifs is 1. The first-order valence-corrected chi connectivity index (χ1v) is 11.4. The zero-order valence-electron chi connectivity index (χ0n) is 17.7. The Labute approximate surface area is 192 Å². The Bertz CT molecular complexity index is 1150. The van der Waals surface area contributed by atoms with Crippen molar-refractivity contribution >= 4 is 40.4 Å². The van der Waals surface area contributed by atoms with Crippen LogP contribution in [0.15, 0.2) is 30.5 Å². The average Bonchev–Trinajstić information content (AvgIpc) is 3.26. The summed E-state index contributed by atoms with van der Waals surface area (Å²) in [5.74, 6) is 1.03. The van der Waals surface area contributed by atoms with Crippen molar-refractivity contribution in [3.05, 3.63) is 46.2 Å². The van der Waals surface area contributed by atoms with Crippen molar-refractivity contribution in [2.75, 3.05) is 30.3 Å². The number of piperidine rings is 1. The number of imidazole rings is 1. The lowest BCUT2D eigenvalue weighted by atomic mass is 9.73. The smallest absolute Gasteiger partial charge is 0.148 e. The lowest BCUT2D eigenvalue weighted by Gasteiger charge is -2.42. The molecule has 4 heterocycles. The largest absolute Gasteiger partial charge is 0.398 e. The molecular weight excluding hydrogens is 433 g/mol. The zero-order valence-corrected chi connectivity index (χ0v) is 19.2. The molecule has 2 aliphatic rings. The number of benzene rings is 1. The number of nitrogens with zero attached hydrogens (tertiary/aromatic N) is 3. The number of aromatic nitrogens is 2. The number of anilines is 2. The minimum Gasteiger partial charge on any atom is -0.398 e. The van der Waals surface area contributed by atoms with E-state index in [0.29, 0.717) is 15.7 Å². The molecule has 31 heavy (non-hydrogen) atoms. The molecule has 0 bridgehead atoms. The quantitative estimate of drug-likeness (QED) is 0.587. The van der Waals surface area contributed by atoms with E-state index in [-0.39, 0.29) is 17.6 Å². The molecule has 164 valence electrons. The van der Waals surface area contributed by atoms with Crippen molar-refractivity contribution in [1.82, 2.24) is 9.38 Å². The number of halogens is 2. The molecule has 0 amide bonds. The topological polar surface area (TPSA) is 81.8 Å². The number of nitrogens with two attached hydrogens (primary N) is 2. The summed E-state index contributed by atoms with van der Waals surface area (Å²) in [5.41, 5.74) is 17.1. The highest BCUT2D eigenvalue weighted by atomic mass is 35.5. The lowest BCUT2D eigenvalue weighted by Crippen LogP contribution is -2.50. The molecule has 0 radical (unpaired) electrons. The van der Waals surface area contributed by atoms with Crippen LogP contribution in [0, 0.1) is 12.3 Å². The van der Waals surface area contributed by atoms with Gasteiger partial charge in [0.2, 0.25) is 0 Å². The van der Waals surface area contributed by atoms with E-state index < -0.39 is 0 Å². The molecule has 8 heteroatoms. The third-order valence-electron chi connectivity index (χ3n) is 7.02. The predicted octanol–water partition coefficient (Wildman–Crippen LogP) is 4.53. The normalized spacial score (nSPS) is 23.2. The van der Waals surface area contributed by atoms with Crippen molar-refractivity contribution in [3.8, 4) is 11.1 Å². The van der Waals surface area contributed by atoms with Crippen LogP contribution in [0.1, 0.15) is 25.5 Å². The zero-order chi connectivity index (χ0) is 21.9. The number of rotatable bonds is 2. The number of ether oxygens (including phenoxy) is 1. The van der Waals surface area contributed by atoms with Crippen LogP contribution in [0.3, 0.4) is 0 Å². The second-order valence-corrected chi connectivity index (χ2v) is 9.69. The van der Waals surface area contributed by atoms with Crippen LogP contribution in [0.4, 0.5) is 11.5 Å². The lowest BCUT2D eigenvalue weighted by molar-refractivity contribution is 0.0974. The molecule has 2 fully saturated rings. The summed E-state index contributed by atoms with van der Waals surface area (Å²) < 4.78 is 7.99. The van der Waals surface area contributed by atoms with Gasteiger partial charge in [0.25, 0.3) is 0 Å². The van der Waals surface area contributed by atoms with E-state index in [1.54, 1.807) is 6.07 Å². The monoisotopic (exact) mass is 459 g/mol. The van der Waals surface area contributed by atoms with Crippen molar-refractivity contribution in [3.63, 3.8) is 0 Å². The summed E-state index contributed by atoms with van der Waals surface area (Å²) in [5, 5.41) is 0.977. The van der Waals surface area contributed by atoms with Crippen LogP contribution >= 0.6 is 23.2 Å². The molecule has 6 nitrogen and oxygen atoms in total. The standard InChI is InChI=1S/C23H27Cl2N5O/c1-13-11-30-18(29-8-6-23(7-9-29)12-31-14(2)21(23)27)10-17(26)19(22(30)28-13)15-4-3-5-16(24)20(15)25/h3-5,10-11,14,21H,6-9,12,26-27H2,1-2H3/t14?,21-/m1/s1. The van der Waals surface area contributed by atoms with Crippen LogP contribution in [-0.4, -0.2) is 41.2 Å². The van der Waals surface area contributed by atoms with E-state index in [9.17, 15) is 0 Å². The maximum atomic E-state index is 6.59. The number of hydrogen-bond donors (Lipinski definition) is 2. The van der Waals surface area contributed by atoms with Crippen molar-refractivity contribution < 1.29 is 4.74 Å². The van der Waals surface area contributed by atoms with Gasteiger partial charge in [-0.1, -0.05) is 35.3 Å². The Kier molecular flexibility index (Phi) is 5.09. The van der Waals surface area contributed by atoms with Gasteiger partial charge in [0.1, 0.15) is 11.5 Å². The second-order valence-electron chi connectivity index (χ2n) is 8.90. The highest BCUT2D eigenvalue weighted by molar-refractivity contribution is 6.44. The van der Waals surface area contributed by atoms with Gasteiger partial charge in [0, 0.05) is 53.6 Å². The Balaban J connectivity index is 1.56. The Hall–Kier alpha value is -1.99. The number of hydrogen-bond acceptors (Lipinski definition) is 5. The summed E-state index contributed by atoms with van der Waals surface area (Å²) in [7, 11) is 0. The molecule has 1 spiro atoms. The Morgan fingerprint density at radius 2 is 1.97 bits per heavy atom. The summed E-state index contributed by atoms with van der Waals surface area (Å²) in [4.78, 5) is 7.15. The summed E-state index contributed by atoms with van der Waals surface area (Å²) in [6.07, 6.45) is 4.15. The van der Waals surface area contributed by atoms with Gasteiger partial charge in [-0.3, -0.25) is 4.40 Å². The van der Waals surface area contributed by atoms with Crippen molar-refractivity contribution in [1.29, 1.82) is 0 Å². The van der Waals surface area contributed by atoms with Gasteiger partial charge in [-0.15, -0.1) is 0 Å². The number of pyridine rings is 1. The highest BCUT2D eigenvalue weighted by Gasteiger charge is 2.47. The van der Waals surface area contributed by atoms with Gasteiger partial charge < -0.3 is 21.1 Å². The van der Waals surface area contributed by atoms with Crippen molar-refractivity contribution in [2.24, 2.45) is 11.1 Å². The maximum Gasteiger partial charge on any atom is 0.148 e. The third kappa shape index (κ3) is 3.28. The predicted molar refractivity (Wildman–Crippen MR) is 127 cm³/mol. The average molecular weight is 460 g/mol. The van der Waals surface area contributed by atoms with Crippen LogP contribution in [0.2, 0.25) is 10.0 Å². The van der Waals surface area contributed by atoms with Crippen LogP contribution in [-0.2, 0) is 4.74 Å². The Morgan fingerprint density at radius 3 is 2.65 bits per heavy atom. The van der Waals surface area contributed by atoms with E-state index in [2.05, 4.69) is 16.2 Å². The van der Waals surface area contributed by atoms with E-state index in [1.165, 1.54) is 0 Å². The van der Waals surface area contributed by atoms with Gasteiger partial charge in [0.05, 0.1) is 28.5 Å². The minimum atomic E-state index is 0.0691. The summed E-state index contributed by atoms with van der Waals surface area (Å²) in [6.45, 7) is 6.60.